The number of hydrogen-bond acceptors (Lipinski definition) is 3. The first-order chi connectivity index (χ1) is 51.3. The number of nitrogens with zero attached hydrogens (tertiary/aromatic N) is 4. The van der Waals surface area contributed by atoms with Crippen LogP contribution in [0.15, 0.2) is 321 Å². The second-order valence-electron chi connectivity index (χ2n) is 28.5. The molecular weight excluding hydrogens is 1200 g/mol. The first-order valence-electron chi connectivity index (χ1n) is 37.6. The lowest BCUT2D eigenvalue weighted by molar-refractivity contribution is 0.590. The molecule has 3 heterocycles. The van der Waals surface area contributed by atoms with Gasteiger partial charge in [0.05, 0.1) is 49.1 Å². The van der Waals surface area contributed by atoms with Gasteiger partial charge >= 0.3 is 0 Å². The van der Waals surface area contributed by atoms with E-state index >= 15 is 0 Å². The van der Waals surface area contributed by atoms with E-state index in [1.54, 1.807) is 4.57 Å². The summed E-state index contributed by atoms with van der Waals surface area (Å²) in [6, 6.07) is 100. The van der Waals surface area contributed by atoms with Gasteiger partial charge in [0.2, 0.25) is 0 Å². The second kappa shape index (κ2) is 22.8. The summed E-state index contributed by atoms with van der Waals surface area (Å²) in [5, 5.41) is 10.6. The zero-order valence-corrected chi connectivity index (χ0v) is 55.9. The Morgan fingerprint density at radius 1 is 0.394 bits per heavy atom. The molecule has 3 aliphatic rings. The number of rotatable bonds is 9. The summed E-state index contributed by atoms with van der Waals surface area (Å²) >= 11 is 0. The van der Waals surface area contributed by atoms with Crippen LogP contribution in [0.3, 0.4) is 0 Å². The minimum atomic E-state index is -0.818. The fraction of sp³-hybridized carbons (Fsp3) is 0.0957. The Kier molecular flexibility index (Phi) is 12.1. The predicted octanol–water partition coefficient (Wildman–Crippen LogP) is 22.4. The van der Waals surface area contributed by atoms with Crippen LogP contribution in [0.2, 0.25) is 0 Å². The van der Waals surface area contributed by atoms with Crippen molar-refractivity contribution in [1.82, 2.24) is 4.57 Å². The van der Waals surface area contributed by atoms with Gasteiger partial charge in [-0.05, 0) is 166 Å². The van der Waals surface area contributed by atoms with Gasteiger partial charge in [-0.15, -0.1) is 0 Å². The fourth-order valence-electron chi connectivity index (χ4n) is 16.4. The van der Waals surface area contributed by atoms with Crippen molar-refractivity contribution in [3.8, 4) is 67.4 Å². The molecule has 5 heteroatoms. The normalized spacial score (nSPS) is 14.4. The quantitative estimate of drug-likeness (QED) is 0.135. The summed E-state index contributed by atoms with van der Waals surface area (Å²) in [4.78, 5) is 4.99. The largest absolute Gasteiger partial charge is 0.311 e. The summed E-state index contributed by atoms with van der Waals surface area (Å²) in [7, 11) is 0. The molecule has 14 aromatic carbocycles. The van der Waals surface area contributed by atoms with Crippen LogP contribution < -0.4 is 26.2 Å². The van der Waals surface area contributed by atoms with Crippen molar-refractivity contribution in [2.45, 2.75) is 57.8 Å². The Labute approximate surface area is 590 Å². The lowest BCUT2D eigenvalue weighted by Crippen LogP contribution is -2.61. The number of nitriles is 1. The highest BCUT2D eigenvalue weighted by Gasteiger charge is 2.50. The number of aromatic nitrogens is 1. The minimum Gasteiger partial charge on any atom is -0.311 e. The summed E-state index contributed by atoms with van der Waals surface area (Å²) in [5.41, 5.74) is 24.6. The molecule has 4 nitrogen and oxygen atoms in total. The molecule has 0 spiro atoms. The minimum absolute atomic E-state index is 0.000760. The smallest absolute Gasteiger partial charge is 0.252 e. The molecule has 0 atom stereocenters. The van der Waals surface area contributed by atoms with Crippen LogP contribution >= 0.6 is 0 Å². The van der Waals surface area contributed by atoms with Crippen LogP contribution in [0.25, 0.3) is 83.1 Å². The third-order valence-electron chi connectivity index (χ3n) is 20.8. The van der Waals surface area contributed by atoms with Crippen molar-refractivity contribution in [2.24, 2.45) is 0 Å². The van der Waals surface area contributed by atoms with Gasteiger partial charge in [-0.1, -0.05) is 296 Å². The number of anilines is 6. The Bertz CT molecular complexity index is 6120. The summed E-state index contributed by atoms with van der Waals surface area (Å²) < 4.78 is 68.4. The zero-order chi connectivity index (χ0) is 73.0. The molecule has 2 aliphatic heterocycles. The molecule has 0 amide bonds. The molecule has 0 saturated carbocycles. The average molecular weight is 1270 g/mol. The highest BCUT2D eigenvalue weighted by molar-refractivity contribution is 7.00. The SMILES string of the molecule is [2H]c1c([2H])c([2H])c2c(c1[2H])c1c([2H])c(C#N)c([2H])c([2H])c1n2-c1ccc2c(c1)N(c1ccc(C(C)(C)C)cc1-c1ccccc1)c1cc(-c3cccc4c3C(c3ccccc3)(c3ccccc3)c3ccccc3-4)cc3c1B2c1cc(C(C)(C)C)ccc1N3c1c(-c2ccccc2)cccc1-c1ccccc1. The van der Waals surface area contributed by atoms with E-state index in [0.717, 1.165) is 134 Å². The lowest BCUT2D eigenvalue weighted by Gasteiger charge is -2.46. The van der Waals surface area contributed by atoms with Gasteiger partial charge in [-0.2, -0.15) is 5.26 Å². The molecule has 0 N–H and O–H groups in total. The fourth-order valence-corrected chi connectivity index (χ4v) is 16.4. The van der Waals surface area contributed by atoms with Crippen LogP contribution in [0.5, 0.6) is 0 Å². The zero-order valence-electron chi connectivity index (χ0n) is 62.9. The van der Waals surface area contributed by atoms with E-state index in [1.807, 2.05) is 18.2 Å². The first kappa shape index (κ1) is 52.3. The molecule has 0 bridgehead atoms. The molecule has 470 valence electrons. The van der Waals surface area contributed by atoms with Crippen LogP contribution in [-0.4, -0.2) is 11.3 Å². The molecule has 0 saturated heterocycles. The maximum absolute atomic E-state index is 10.6. The van der Waals surface area contributed by atoms with Crippen molar-refractivity contribution in [3.63, 3.8) is 0 Å². The van der Waals surface area contributed by atoms with Crippen molar-refractivity contribution >= 4 is 79.0 Å². The Balaban J connectivity index is 1.06. The van der Waals surface area contributed by atoms with Crippen LogP contribution in [0, 0.1) is 11.3 Å². The van der Waals surface area contributed by atoms with Crippen LogP contribution in [0.1, 0.15) is 90.1 Å². The average Bonchev–Trinajstić information content (AvgIpc) is 0.841. The van der Waals surface area contributed by atoms with E-state index in [2.05, 4.69) is 318 Å². The number of benzene rings is 14. The van der Waals surface area contributed by atoms with E-state index < -0.39 is 36.3 Å². The van der Waals surface area contributed by atoms with E-state index in [4.69, 9.17) is 1.37 Å². The van der Waals surface area contributed by atoms with Crippen molar-refractivity contribution in [2.75, 3.05) is 9.80 Å². The summed E-state index contributed by atoms with van der Waals surface area (Å²) in [6.07, 6.45) is 0. The van der Waals surface area contributed by atoms with Gasteiger partial charge in [0.1, 0.15) is 0 Å². The van der Waals surface area contributed by atoms with Crippen molar-refractivity contribution < 1.29 is 9.60 Å². The summed E-state index contributed by atoms with van der Waals surface area (Å²) in [5.74, 6) is 0. The molecule has 0 unspecified atom stereocenters. The number of para-hydroxylation sites is 2. The third-order valence-corrected chi connectivity index (χ3v) is 20.8. The van der Waals surface area contributed by atoms with Crippen LogP contribution in [-0.2, 0) is 16.2 Å². The molecular formula is C94H71BN4. The van der Waals surface area contributed by atoms with Gasteiger partial charge in [-0.25, -0.2) is 0 Å². The Morgan fingerprint density at radius 3 is 1.55 bits per heavy atom. The molecule has 1 aliphatic carbocycles. The van der Waals surface area contributed by atoms with E-state index in [-0.39, 0.29) is 56.3 Å². The van der Waals surface area contributed by atoms with Gasteiger partial charge in [0.25, 0.3) is 6.71 Å². The number of hydrogen-bond donors (Lipinski definition) is 0. The second-order valence-corrected chi connectivity index (χ2v) is 28.5. The number of fused-ring (bicyclic) bond motifs is 10. The summed E-state index contributed by atoms with van der Waals surface area (Å²) in [6.45, 7) is 13.0. The molecule has 18 rings (SSSR count). The predicted molar refractivity (Wildman–Crippen MR) is 416 cm³/mol. The van der Waals surface area contributed by atoms with E-state index in [0.29, 0.717) is 5.69 Å². The highest BCUT2D eigenvalue weighted by atomic mass is 15.2. The lowest BCUT2D eigenvalue weighted by atomic mass is 9.33. The van der Waals surface area contributed by atoms with Crippen molar-refractivity contribution in [3.05, 3.63) is 360 Å². The maximum atomic E-state index is 10.6. The van der Waals surface area contributed by atoms with Gasteiger partial charge in [0.15, 0.2) is 0 Å². The Morgan fingerprint density at radius 2 is 0.919 bits per heavy atom. The van der Waals surface area contributed by atoms with Gasteiger partial charge in [-0.3, -0.25) is 0 Å². The topological polar surface area (TPSA) is 35.2 Å². The first-order valence-corrected chi connectivity index (χ1v) is 34.1. The maximum Gasteiger partial charge on any atom is 0.252 e. The van der Waals surface area contributed by atoms with Gasteiger partial charge in [0, 0.05) is 55.9 Å². The molecule has 15 aromatic rings. The van der Waals surface area contributed by atoms with E-state index in [9.17, 15) is 13.5 Å². The molecule has 0 radical (unpaired) electrons. The molecule has 99 heavy (non-hydrogen) atoms. The molecule has 0 fully saturated rings. The van der Waals surface area contributed by atoms with E-state index in [1.165, 1.54) is 5.56 Å². The van der Waals surface area contributed by atoms with Gasteiger partial charge < -0.3 is 14.4 Å². The van der Waals surface area contributed by atoms with Crippen LogP contribution in [0.4, 0.5) is 34.1 Å². The third kappa shape index (κ3) is 9.27. The standard InChI is InChI=1S/C94H71BN4/c1-92(2,3)68-47-52-83(77(57-68)64-32-16-9-17-33-64)98-86-59-70(97-82-45-25-23-39-75(82)78-54-61(60-96)46-51-84(78)97)49-50-80(86)95-81-58-69(93(4,5)6)48-53-85(81)99(91-72(62-28-12-7-13-29-62)41-27-42-73(91)63-30-14-8-15-31-63)88-56-65(55-87(98)90(88)95)71-40-26-43-76-74-38-22-24-44-79(74)94(89(71)76,66-34-18-10-19-35-66)67-36-20-11-21-37-67/h7-59H,1-6H3/i23D,25D,39D,45D,46D,51D,54D. The van der Waals surface area contributed by atoms with Crippen molar-refractivity contribution in [1.29, 1.82) is 5.26 Å². The highest BCUT2D eigenvalue weighted by Crippen LogP contribution is 2.60. The monoisotopic (exact) mass is 1270 g/mol. The molecule has 1 aromatic heterocycles. The Hall–Kier alpha value is -12.0.